The first-order valence-corrected chi connectivity index (χ1v) is 6.59. The molecule has 1 atom stereocenters. The number of rotatable bonds is 4. The number of alkyl halides is 3. The van der Waals surface area contributed by atoms with Gasteiger partial charge in [0.2, 0.25) is 5.91 Å². The Kier molecular flexibility index (Phi) is 4.67. The SMILES string of the molecule is C=CC(=O)N1CCC(OCc2cccc(C(F)(F)F)c2)C1. The van der Waals surface area contributed by atoms with Crippen molar-refractivity contribution < 1.29 is 22.7 Å². The lowest BCUT2D eigenvalue weighted by molar-refractivity contribution is -0.137. The Balaban J connectivity index is 1.90. The van der Waals surface area contributed by atoms with E-state index in [-0.39, 0.29) is 18.6 Å². The average Bonchev–Trinajstić information content (AvgIpc) is 2.92. The summed E-state index contributed by atoms with van der Waals surface area (Å²) in [6.07, 6.45) is -2.58. The van der Waals surface area contributed by atoms with E-state index < -0.39 is 11.7 Å². The summed E-state index contributed by atoms with van der Waals surface area (Å²) in [6.45, 7) is 4.55. The van der Waals surface area contributed by atoms with Crippen LogP contribution in [0.5, 0.6) is 0 Å². The van der Waals surface area contributed by atoms with Crippen LogP contribution < -0.4 is 0 Å². The highest BCUT2D eigenvalue weighted by Gasteiger charge is 2.30. The number of amides is 1. The molecule has 21 heavy (non-hydrogen) atoms. The lowest BCUT2D eigenvalue weighted by atomic mass is 10.1. The summed E-state index contributed by atoms with van der Waals surface area (Å²) >= 11 is 0. The van der Waals surface area contributed by atoms with Crippen molar-refractivity contribution in [2.75, 3.05) is 13.1 Å². The van der Waals surface area contributed by atoms with Crippen molar-refractivity contribution in [3.8, 4) is 0 Å². The molecule has 0 aliphatic carbocycles. The maximum atomic E-state index is 12.6. The molecule has 1 amide bonds. The first-order valence-electron chi connectivity index (χ1n) is 6.59. The normalized spacial score (nSPS) is 18.8. The van der Waals surface area contributed by atoms with Gasteiger partial charge in [-0.1, -0.05) is 18.7 Å². The minimum atomic E-state index is -4.35. The fraction of sp³-hybridized carbons (Fsp3) is 0.400. The number of ether oxygens (including phenoxy) is 1. The molecule has 1 aromatic rings. The molecule has 3 nitrogen and oxygen atoms in total. The topological polar surface area (TPSA) is 29.5 Å². The number of carbonyl (C=O) groups excluding carboxylic acids is 1. The van der Waals surface area contributed by atoms with Crippen molar-refractivity contribution in [1.29, 1.82) is 0 Å². The Morgan fingerprint density at radius 3 is 2.90 bits per heavy atom. The van der Waals surface area contributed by atoms with Crippen molar-refractivity contribution in [3.63, 3.8) is 0 Å². The van der Waals surface area contributed by atoms with E-state index in [1.807, 2.05) is 0 Å². The van der Waals surface area contributed by atoms with Gasteiger partial charge in [-0.15, -0.1) is 0 Å². The number of nitrogens with zero attached hydrogens (tertiary/aromatic N) is 1. The zero-order valence-electron chi connectivity index (χ0n) is 11.4. The van der Waals surface area contributed by atoms with Gasteiger partial charge >= 0.3 is 6.18 Å². The van der Waals surface area contributed by atoms with E-state index in [4.69, 9.17) is 4.74 Å². The second kappa shape index (κ2) is 6.30. The molecule has 0 spiro atoms. The first-order chi connectivity index (χ1) is 9.90. The van der Waals surface area contributed by atoms with Crippen LogP contribution in [0.25, 0.3) is 0 Å². The van der Waals surface area contributed by atoms with E-state index >= 15 is 0 Å². The number of hydrogen-bond acceptors (Lipinski definition) is 2. The van der Waals surface area contributed by atoms with Gasteiger partial charge in [0.25, 0.3) is 0 Å². The summed E-state index contributed by atoms with van der Waals surface area (Å²) in [4.78, 5) is 13.0. The van der Waals surface area contributed by atoms with Crippen LogP contribution >= 0.6 is 0 Å². The van der Waals surface area contributed by atoms with Gasteiger partial charge in [0.1, 0.15) is 0 Å². The quantitative estimate of drug-likeness (QED) is 0.800. The third kappa shape index (κ3) is 4.07. The van der Waals surface area contributed by atoms with Crippen LogP contribution in [0, 0.1) is 0 Å². The van der Waals surface area contributed by atoms with E-state index in [2.05, 4.69) is 6.58 Å². The molecule has 2 rings (SSSR count). The Hall–Kier alpha value is -1.82. The molecular formula is C15H16F3NO2. The van der Waals surface area contributed by atoms with Crippen LogP contribution in [-0.2, 0) is 22.3 Å². The minimum Gasteiger partial charge on any atom is -0.372 e. The van der Waals surface area contributed by atoms with Crippen LogP contribution in [-0.4, -0.2) is 30.0 Å². The van der Waals surface area contributed by atoms with Crippen LogP contribution in [0.1, 0.15) is 17.5 Å². The molecule has 0 bridgehead atoms. The van der Waals surface area contributed by atoms with E-state index in [9.17, 15) is 18.0 Å². The second-order valence-electron chi connectivity index (χ2n) is 4.91. The standard InChI is InChI=1S/C15H16F3NO2/c1-2-14(20)19-7-6-13(9-19)21-10-11-4-3-5-12(8-11)15(16,17)18/h2-5,8,13H,1,6-7,9-10H2. The van der Waals surface area contributed by atoms with Crippen molar-refractivity contribution >= 4 is 5.91 Å². The van der Waals surface area contributed by atoms with Crippen LogP contribution in [0.15, 0.2) is 36.9 Å². The largest absolute Gasteiger partial charge is 0.416 e. The maximum Gasteiger partial charge on any atom is 0.416 e. The molecule has 1 aromatic carbocycles. The zero-order chi connectivity index (χ0) is 15.5. The summed E-state index contributed by atoms with van der Waals surface area (Å²) in [5.41, 5.74) is -0.211. The maximum absolute atomic E-state index is 12.6. The van der Waals surface area contributed by atoms with Gasteiger partial charge in [0, 0.05) is 13.1 Å². The molecule has 1 aliphatic heterocycles. The van der Waals surface area contributed by atoms with Gasteiger partial charge in [0.15, 0.2) is 0 Å². The van der Waals surface area contributed by atoms with Gasteiger partial charge < -0.3 is 9.64 Å². The summed E-state index contributed by atoms with van der Waals surface area (Å²) in [5.74, 6) is -0.153. The lowest BCUT2D eigenvalue weighted by Crippen LogP contribution is -2.28. The molecule has 6 heteroatoms. The highest BCUT2D eigenvalue weighted by Crippen LogP contribution is 2.29. The van der Waals surface area contributed by atoms with Crippen LogP contribution in [0.3, 0.4) is 0 Å². The molecule has 114 valence electrons. The van der Waals surface area contributed by atoms with Crippen molar-refractivity contribution in [3.05, 3.63) is 48.0 Å². The number of hydrogen-bond donors (Lipinski definition) is 0. The van der Waals surface area contributed by atoms with Gasteiger partial charge in [-0.05, 0) is 30.2 Å². The predicted molar refractivity (Wildman–Crippen MR) is 71.4 cm³/mol. The molecule has 1 saturated heterocycles. The third-order valence-electron chi connectivity index (χ3n) is 3.37. The molecule has 0 aromatic heterocycles. The smallest absolute Gasteiger partial charge is 0.372 e. The van der Waals surface area contributed by atoms with E-state index in [1.165, 1.54) is 12.1 Å². The van der Waals surface area contributed by atoms with Crippen molar-refractivity contribution in [2.24, 2.45) is 0 Å². The minimum absolute atomic E-state index is 0.102. The molecule has 1 unspecified atom stereocenters. The van der Waals surface area contributed by atoms with E-state index in [0.717, 1.165) is 12.1 Å². The first kappa shape index (κ1) is 15.6. The lowest BCUT2D eigenvalue weighted by Gasteiger charge is -2.15. The molecule has 0 N–H and O–H groups in total. The second-order valence-corrected chi connectivity index (χ2v) is 4.91. The Bertz CT molecular complexity index is 528. The summed E-state index contributed by atoms with van der Waals surface area (Å²) < 4.78 is 43.4. The number of carbonyl (C=O) groups is 1. The molecule has 1 fully saturated rings. The van der Waals surface area contributed by atoms with Crippen LogP contribution in [0.2, 0.25) is 0 Å². The number of likely N-dealkylation sites (tertiary alicyclic amines) is 1. The number of benzene rings is 1. The Morgan fingerprint density at radius 2 is 2.24 bits per heavy atom. The molecule has 0 radical (unpaired) electrons. The zero-order valence-corrected chi connectivity index (χ0v) is 11.4. The summed E-state index contributed by atoms with van der Waals surface area (Å²) in [6, 6.07) is 5.08. The van der Waals surface area contributed by atoms with Gasteiger partial charge in [-0.2, -0.15) is 13.2 Å². The van der Waals surface area contributed by atoms with Gasteiger partial charge in [0.05, 0.1) is 18.3 Å². The van der Waals surface area contributed by atoms with E-state index in [1.54, 1.807) is 11.0 Å². The highest BCUT2D eigenvalue weighted by molar-refractivity contribution is 5.87. The average molecular weight is 299 g/mol. The summed E-state index contributed by atoms with van der Waals surface area (Å²) in [5, 5.41) is 0. The van der Waals surface area contributed by atoms with Gasteiger partial charge in [-0.25, -0.2) is 0 Å². The summed E-state index contributed by atoms with van der Waals surface area (Å²) in [7, 11) is 0. The molecule has 1 aliphatic rings. The fourth-order valence-electron chi connectivity index (χ4n) is 2.25. The third-order valence-corrected chi connectivity index (χ3v) is 3.37. The molecular weight excluding hydrogens is 283 g/mol. The van der Waals surface area contributed by atoms with E-state index in [0.29, 0.717) is 25.1 Å². The molecule has 0 saturated carbocycles. The highest BCUT2D eigenvalue weighted by atomic mass is 19.4. The van der Waals surface area contributed by atoms with Crippen LogP contribution in [0.4, 0.5) is 13.2 Å². The predicted octanol–water partition coefficient (Wildman–Crippen LogP) is 3.01. The Labute approximate surface area is 121 Å². The van der Waals surface area contributed by atoms with Crippen molar-refractivity contribution in [2.45, 2.75) is 25.3 Å². The fourth-order valence-corrected chi connectivity index (χ4v) is 2.25. The van der Waals surface area contributed by atoms with Gasteiger partial charge in [-0.3, -0.25) is 4.79 Å². The number of halogens is 3. The monoisotopic (exact) mass is 299 g/mol. The molecule has 1 heterocycles. The Morgan fingerprint density at radius 1 is 1.48 bits per heavy atom. The van der Waals surface area contributed by atoms with Crippen molar-refractivity contribution in [1.82, 2.24) is 4.90 Å².